The number of benzene rings is 1. The van der Waals surface area contributed by atoms with E-state index >= 15 is 0 Å². The van der Waals surface area contributed by atoms with Crippen molar-refractivity contribution in [3.05, 3.63) is 45.2 Å². The quantitative estimate of drug-likeness (QED) is 0.833. The monoisotopic (exact) mass is 394 g/mol. The Morgan fingerprint density at radius 1 is 1.21 bits per heavy atom. The van der Waals surface area contributed by atoms with Crippen LogP contribution >= 0.6 is 0 Å². The molecule has 150 valence electrons. The molecule has 1 aliphatic heterocycles. The molecule has 2 N–H and O–H groups in total. The fraction of sp³-hybridized carbons (Fsp3) is 0.500. The van der Waals surface area contributed by atoms with Gasteiger partial charge in [-0.15, -0.1) is 0 Å². The van der Waals surface area contributed by atoms with E-state index in [4.69, 9.17) is 4.74 Å². The van der Waals surface area contributed by atoms with Gasteiger partial charge in [-0.1, -0.05) is 0 Å². The normalized spacial score (nSPS) is 20.3. The number of alkyl halides is 3. The maximum absolute atomic E-state index is 13.6. The Balaban J connectivity index is 1.67. The van der Waals surface area contributed by atoms with Crippen LogP contribution in [0.25, 0.3) is 10.9 Å². The van der Waals surface area contributed by atoms with E-state index in [9.17, 15) is 22.8 Å². The second kappa shape index (κ2) is 7.24. The Morgan fingerprint density at radius 2 is 2.00 bits per heavy atom. The van der Waals surface area contributed by atoms with Crippen molar-refractivity contribution in [2.24, 2.45) is 5.92 Å². The van der Waals surface area contributed by atoms with Crippen LogP contribution in [0.15, 0.2) is 23.0 Å². The average molecular weight is 394 g/mol. The topological polar surface area (TPSA) is 71.2 Å². The SMILES string of the molecule is O=C(NCC1CCCOC1)c1cc(=O)c2cc(C3CC3)cc(C(F)(F)F)c2[nH]1. The van der Waals surface area contributed by atoms with E-state index in [1.165, 1.54) is 6.07 Å². The fourth-order valence-corrected chi connectivity index (χ4v) is 3.67. The Kier molecular flexibility index (Phi) is 4.91. The molecular weight excluding hydrogens is 373 g/mol. The predicted octanol–water partition coefficient (Wildman–Crippen LogP) is 3.58. The Hall–Kier alpha value is -2.35. The van der Waals surface area contributed by atoms with Gasteiger partial charge in [-0.05, 0) is 55.2 Å². The molecule has 2 aromatic rings. The third-order valence-corrected chi connectivity index (χ3v) is 5.37. The van der Waals surface area contributed by atoms with Gasteiger partial charge in [0.15, 0.2) is 5.43 Å². The minimum atomic E-state index is -4.62. The molecule has 0 radical (unpaired) electrons. The molecule has 2 aliphatic rings. The van der Waals surface area contributed by atoms with Gasteiger partial charge < -0.3 is 15.0 Å². The fourth-order valence-electron chi connectivity index (χ4n) is 3.67. The molecule has 1 aliphatic carbocycles. The summed E-state index contributed by atoms with van der Waals surface area (Å²) in [5.74, 6) is -0.355. The molecule has 1 unspecified atom stereocenters. The summed E-state index contributed by atoms with van der Waals surface area (Å²) in [6.07, 6.45) is -1.15. The minimum Gasteiger partial charge on any atom is -0.381 e. The lowest BCUT2D eigenvalue weighted by molar-refractivity contribution is -0.136. The number of carbonyl (C=O) groups excluding carboxylic acids is 1. The van der Waals surface area contributed by atoms with Crippen molar-refractivity contribution in [1.29, 1.82) is 0 Å². The molecule has 28 heavy (non-hydrogen) atoms. The number of carbonyl (C=O) groups is 1. The molecular formula is C20H21F3N2O3. The number of aromatic amines is 1. The summed E-state index contributed by atoms with van der Waals surface area (Å²) >= 11 is 0. The number of amides is 1. The first kappa shape index (κ1) is 19.0. The van der Waals surface area contributed by atoms with E-state index in [0.717, 1.165) is 37.8 Å². The molecule has 2 heterocycles. The van der Waals surface area contributed by atoms with Crippen molar-refractivity contribution < 1.29 is 22.7 Å². The van der Waals surface area contributed by atoms with Gasteiger partial charge in [0.1, 0.15) is 5.69 Å². The van der Waals surface area contributed by atoms with Crippen molar-refractivity contribution >= 4 is 16.8 Å². The van der Waals surface area contributed by atoms with E-state index in [0.29, 0.717) is 25.3 Å². The van der Waals surface area contributed by atoms with Crippen LogP contribution in [-0.2, 0) is 10.9 Å². The average Bonchev–Trinajstić information content (AvgIpc) is 3.50. The molecule has 1 aromatic heterocycles. The molecule has 2 fully saturated rings. The molecule has 4 rings (SSSR count). The number of nitrogens with one attached hydrogen (secondary N) is 2. The summed E-state index contributed by atoms with van der Waals surface area (Å²) in [6, 6.07) is 3.69. The van der Waals surface area contributed by atoms with Crippen LogP contribution in [0.5, 0.6) is 0 Å². The Bertz CT molecular complexity index is 958. The summed E-state index contributed by atoms with van der Waals surface area (Å²) < 4.78 is 46.2. The molecule has 1 saturated heterocycles. The molecule has 1 saturated carbocycles. The van der Waals surface area contributed by atoms with Crippen LogP contribution in [0.1, 0.15) is 53.2 Å². The second-order valence-corrected chi connectivity index (χ2v) is 7.60. The van der Waals surface area contributed by atoms with Crippen LogP contribution < -0.4 is 10.7 Å². The predicted molar refractivity (Wildman–Crippen MR) is 97.4 cm³/mol. The van der Waals surface area contributed by atoms with Crippen molar-refractivity contribution in [1.82, 2.24) is 10.3 Å². The largest absolute Gasteiger partial charge is 0.418 e. The third-order valence-electron chi connectivity index (χ3n) is 5.37. The van der Waals surface area contributed by atoms with Crippen LogP contribution in [0.2, 0.25) is 0 Å². The van der Waals surface area contributed by atoms with Crippen LogP contribution in [-0.4, -0.2) is 30.6 Å². The number of fused-ring (bicyclic) bond motifs is 1. The molecule has 5 nitrogen and oxygen atoms in total. The number of hydrogen-bond acceptors (Lipinski definition) is 3. The van der Waals surface area contributed by atoms with Gasteiger partial charge >= 0.3 is 6.18 Å². The van der Waals surface area contributed by atoms with E-state index < -0.39 is 23.1 Å². The maximum Gasteiger partial charge on any atom is 0.418 e. The lowest BCUT2D eigenvalue weighted by Gasteiger charge is -2.22. The lowest BCUT2D eigenvalue weighted by atomic mass is 10.0. The van der Waals surface area contributed by atoms with Crippen LogP contribution in [0, 0.1) is 5.92 Å². The number of halogens is 3. The highest BCUT2D eigenvalue weighted by atomic mass is 19.4. The van der Waals surface area contributed by atoms with Crippen molar-refractivity contribution in [3.8, 4) is 0 Å². The molecule has 0 bridgehead atoms. The molecule has 1 atom stereocenters. The first-order chi connectivity index (χ1) is 13.3. The number of aromatic nitrogens is 1. The molecule has 1 aromatic carbocycles. The zero-order valence-electron chi connectivity index (χ0n) is 15.2. The smallest absolute Gasteiger partial charge is 0.381 e. The minimum absolute atomic E-state index is 0.0334. The summed E-state index contributed by atoms with van der Waals surface area (Å²) in [7, 11) is 0. The highest BCUT2D eigenvalue weighted by Gasteiger charge is 2.36. The molecule has 1 amide bonds. The van der Waals surface area contributed by atoms with E-state index in [2.05, 4.69) is 10.3 Å². The molecule has 8 heteroatoms. The van der Waals surface area contributed by atoms with Crippen LogP contribution in [0.4, 0.5) is 13.2 Å². The van der Waals surface area contributed by atoms with E-state index in [-0.39, 0.29) is 28.4 Å². The van der Waals surface area contributed by atoms with Gasteiger partial charge in [0, 0.05) is 24.6 Å². The van der Waals surface area contributed by atoms with Crippen molar-refractivity contribution in [2.45, 2.75) is 37.8 Å². The zero-order valence-corrected chi connectivity index (χ0v) is 15.2. The van der Waals surface area contributed by atoms with Gasteiger partial charge in [-0.25, -0.2) is 0 Å². The Labute approximate surface area is 159 Å². The highest BCUT2D eigenvalue weighted by Crippen LogP contribution is 2.43. The summed E-state index contributed by atoms with van der Waals surface area (Å²) in [6.45, 7) is 1.59. The van der Waals surface area contributed by atoms with Crippen molar-refractivity contribution in [2.75, 3.05) is 19.8 Å². The first-order valence-electron chi connectivity index (χ1n) is 9.47. The number of ether oxygens (including phenoxy) is 1. The lowest BCUT2D eigenvalue weighted by Crippen LogP contribution is -2.34. The molecule has 0 spiro atoms. The third kappa shape index (κ3) is 3.92. The number of H-pyrrole nitrogens is 1. The van der Waals surface area contributed by atoms with Crippen molar-refractivity contribution in [3.63, 3.8) is 0 Å². The van der Waals surface area contributed by atoms with E-state index in [1.54, 1.807) is 0 Å². The van der Waals surface area contributed by atoms with Crippen LogP contribution in [0.3, 0.4) is 0 Å². The second-order valence-electron chi connectivity index (χ2n) is 7.60. The first-order valence-corrected chi connectivity index (χ1v) is 9.47. The Morgan fingerprint density at radius 3 is 2.64 bits per heavy atom. The standard InChI is InChI=1S/C20H21F3N2O3/c21-20(22,23)15-7-13(12-3-4-12)6-14-17(26)8-16(25-18(14)15)19(27)24-9-11-2-1-5-28-10-11/h6-8,11-12H,1-5,9-10H2,(H,24,27)(H,25,26). The maximum atomic E-state index is 13.6. The van der Waals surface area contributed by atoms with Gasteiger partial charge in [-0.3, -0.25) is 9.59 Å². The zero-order chi connectivity index (χ0) is 19.9. The summed E-state index contributed by atoms with van der Waals surface area (Å²) in [5.41, 5.74) is -1.47. The summed E-state index contributed by atoms with van der Waals surface area (Å²) in [4.78, 5) is 27.5. The van der Waals surface area contributed by atoms with Gasteiger partial charge in [-0.2, -0.15) is 13.2 Å². The van der Waals surface area contributed by atoms with E-state index in [1.807, 2.05) is 0 Å². The van der Waals surface area contributed by atoms with Gasteiger partial charge in [0.2, 0.25) is 0 Å². The highest BCUT2D eigenvalue weighted by molar-refractivity contribution is 5.95. The number of pyridine rings is 1. The van der Waals surface area contributed by atoms with Gasteiger partial charge in [0.25, 0.3) is 5.91 Å². The van der Waals surface area contributed by atoms with Gasteiger partial charge in [0.05, 0.1) is 17.7 Å². The summed E-state index contributed by atoms with van der Waals surface area (Å²) in [5, 5.41) is 2.65. The number of rotatable bonds is 4. The number of hydrogen-bond donors (Lipinski definition) is 2.